The summed E-state index contributed by atoms with van der Waals surface area (Å²) in [5, 5.41) is 5.39. The van der Waals surface area contributed by atoms with E-state index in [0.717, 1.165) is 19.4 Å². The molecule has 0 aliphatic rings. The topological polar surface area (TPSA) is 38.3 Å². The standard InChI is InChI=1S/C30H29BrINO2Si/c1-30(2,3)36(27-10-6-4-7-11-27,28-12-8-5-9-13-28)35-26-16-14-22(15-17-26)21-33-29(34)23-18-24(31)20-25(32)19-23/h4-20H,21H2,1-3H3,(H,33,34). The number of halogens is 2. The van der Waals surface area contributed by atoms with Crippen molar-refractivity contribution in [3.05, 3.63) is 122 Å². The predicted molar refractivity (Wildman–Crippen MR) is 163 cm³/mol. The number of hydrogen-bond donors (Lipinski definition) is 1. The smallest absolute Gasteiger partial charge is 0.319 e. The highest BCUT2D eigenvalue weighted by Gasteiger charge is 2.52. The van der Waals surface area contributed by atoms with Gasteiger partial charge in [-0.25, -0.2) is 0 Å². The second-order valence-corrected chi connectivity index (χ2v) is 16.1. The monoisotopic (exact) mass is 669 g/mol. The van der Waals surface area contributed by atoms with Crippen LogP contribution in [-0.2, 0) is 6.54 Å². The van der Waals surface area contributed by atoms with Gasteiger partial charge in [0.05, 0.1) is 0 Å². The summed E-state index contributed by atoms with van der Waals surface area (Å²) in [5.41, 5.74) is 1.66. The Morgan fingerprint density at radius 2 is 1.42 bits per heavy atom. The number of rotatable bonds is 7. The highest BCUT2D eigenvalue weighted by Crippen LogP contribution is 2.37. The minimum Gasteiger partial charge on any atom is -0.534 e. The zero-order valence-corrected chi connectivity index (χ0v) is 25.3. The molecule has 1 amide bonds. The van der Waals surface area contributed by atoms with Crippen molar-refractivity contribution >= 4 is 63.1 Å². The average Bonchev–Trinajstić information content (AvgIpc) is 2.86. The van der Waals surface area contributed by atoms with Gasteiger partial charge < -0.3 is 9.74 Å². The molecule has 0 aliphatic carbocycles. The first kappa shape index (κ1) is 26.6. The summed E-state index contributed by atoms with van der Waals surface area (Å²) in [5.74, 6) is 0.739. The molecule has 3 nitrogen and oxygen atoms in total. The number of nitrogens with one attached hydrogen (secondary N) is 1. The van der Waals surface area contributed by atoms with E-state index < -0.39 is 8.32 Å². The Hall–Kier alpha value is -2.42. The molecule has 0 spiro atoms. The molecule has 1 N–H and O–H groups in total. The van der Waals surface area contributed by atoms with Gasteiger partial charge in [0.2, 0.25) is 0 Å². The number of carbonyl (C=O) groups excluding carboxylic acids is 1. The second kappa shape index (κ2) is 11.3. The van der Waals surface area contributed by atoms with Gasteiger partial charge in [0.25, 0.3) is 5.91 Å². The third-order valence-corrected chi connectivity index (χ3v) is 12.2. The van der Waals surface area contributed by atoms with E-state index in [0.29, 0.717) is 12.1 Å². The van der Waals surface area contributed by atoms with Gasteiger partial charge in [-0.15, -0.1) is 0 Å². The lowest BCUT2D eigenvalue weighted by Gasteiger charge is -2.43. The van der Waals surface area contributed by atoms with Crippen molar-refractivity contribution in [2.24, 2.45) is 0 Å². The minimum atomic E-state index is -2.67. The third-order valence-electron chi connectivity index (χ3n) is 6.19. The van der Waals surface area contributed by atoms with Crippen LogP contribution in [0.15, 0.2) is 108 Å². The molecule has 0 fully saturated rings. The summed E-state index contributed by atoms with van der Waals surface area (Å²) in [4.78, 5) is 12.6. The maximum Gasteiger partial charge on any atom is 0.319 e. The first-order valence-corrected chi connectivity index (χ1v) is 15.6. The molecule has 0 aromatic heterocycles. The van der Waals surface area contributed by atoms with Crippen LogP contribution in [0.2, 0.25) is 5.04 Å². The molecule has 4 aromatic rings. The average molecular weight is 670 g/mol. The highest BCUT2D eigenvalue weighted by atomic mass is 127. The lowest BCUT2D eigenvalue weighted by Crippen LogP contribution is -2.68. The van der Waals surface area contributed by atoms with Gasteiger partial charge in [-0.3, -0.25) is 4.79 Å². The molecule has 0 bridgehead atoms. The predicted octanol–water partition coefficient (Wildman–Crippen LogP) is 6.92. The second-order valence-electron chi connectivity index (χ2n) is 9.75. The van der Waals surface area contributed by atoms with Crippen LogP contribution < -0.4 is 20.1 Å². The van der Waals surface area contributed by atoms with Crippen LogP contribution in [0.3, 0.4) is 0 Å². The van der Waals surface area contributed by atoms with Crippen molar-refractivity contribution < 1.29 is 9.22 Å². The lowest BCUT2D eigenvalue weighted by molar-refractivity contribution is 0.0950. The molecule has 36 heavy (non-hydrogen) atoms. The third kappa shape index (κ3) is 5.93. The lowest BCUT2D eigenvalue weighted by atomic mass is 10.2. The van der Waals surface area contributed by atoms with E-state index in [-0.39, 0.29) is 10.9 Å². The zero-order chi connectivity index (χ0) is 25.8. The molecular formula is C30H29BrINO2Si. The molecular weight excluding hydrogens is 641 g/mol. The highest BCUT2D eigenvalue weighted by molar-refractivity contribution is 14.1. The minimum absolute atomic E-state index is 0.0955. The molecule has 0 saturated carbocycles. The Bertz CT molecular complexity index is 1260. The summed E-state index contributed by atoms with van der Waals surface area (Å²) in [6, 6.07) is 35.0. The Morgan fingerprint density at radius 1 is 0.861 bits per heavy atom. The van der Waals surface area contributed by atoms with Gasteiger partial charge in [0.15, 0.2) is 0 Å². The fourth-order valence-corrected chi connectivity index (χ4v) is 10.5. The van der Waals surface area contributed by atoms with E-state index in [1.165, 1.54) is 10.4 Å². The van der Waals surface area contributed by atoms with Gasteiger partial charge in [-0.1, -0.05) is 109 Å². The van der Waals surface area contributed by atoms with Crippen LogP contribution in [-0.4, -0.2) is 14.2 Å². The van der Waals surface area contributed by atoms with Crippen molar-refractivity contribution in [1.29, 1.82) is 0 Å². The fourth-order valence-electron chi connectivity index (χ4n) is 4.47. The molecule has 6 heteroatoms. The van der Waals surface area contributed by atoms with E-state index in [2.05, 4.69) is 125 Å². The van der Waals surface area contributed by atoms with Crippen LogP contribution in [0.25, 0.3) is 0 Å². The first-order chi connectivity index (χ1) is 17.2. The Balaban J connectivity index is 1.58. The molecule has 0 unspecified atom stereocenters. The van der Waals surface area contributed by atoms with E-state index in [1.807, 2.05) is 42.5 Å². The van der Waals surface area contributed by atoms with Crippen LogP contribution in [0.5, 0.6) is 5.75 Å². The summed E-state index contributed by atoms with van der Waals surface area (Å²) < 4.78 is 8.96. The van der Waals surface area contributed by atoms with Crippen LogP contribution in [0.4, 0.5) is 0 Å². The Labute approximate surface area is 236 Å². The molecule has 0 saturated heterocycles. The fraction of sp³-hybridized carbons (Fsp3) is 0.167. The molecule has 0 radical (unpaired) electrons. The van der Waals surface area contributed by atoms with Crippen LogP contribution in [0.1, 0.15) is 36.7 Å². The Morgan fingerprint density at radius 3 is 1.92 bits per heavy atom. The molecule has 0 aliphatic heterocycles. The molecule has 4 rings (SSSR count). The van der Waals surface area contributed by atoms with Crippen molar-refractivity contribution in [3.8, 4) is 5.75 Å². The Kier molecular flexibility index (Phi) is 8.37. The molecule has 4 aromatic carbocycles. The zero-order valence-electron chi connectivity index (χ0n) is 20.6. The summed E-state index contributed by atoms with van der Waals surface area (Å²) in [7, 11) is -2.67. The number of hydrogen-bond acceptors (Lipinski definition) is 2. The van der Waals surface area contributed by atoms with Gasteiger partial charge in [-0.2, -0.15) is 0 Å². The van der Waals surface area contributed by atoms with Gasteiger partial charge in [0.1, 0.15) is 5.75 Å². The number of amides is 1. The summed E-state index contributed by atoms with van der Waals surface area (Å²) in [6.45, 7) is 7.26. The maximum atomic E-state index is 12.6. The normalized spacial score (nSPS) is 11.7. The number of benzene rings is 4. The number of carbonyl (C=O) groups is 1. The van der Waals surface area contributed by atoms with Crippen molar-refractivity contribution in [2.45, 2.75) is 32.4 Å². The van der Waals surface area contributed by atoms with E-state index >= 15 is 0 Å². The van der Waals surface area contributed by atoms with Gasteiger partial charge >= 0.3 is 8.32 Å². The largest absolute Gasteiger partial charge is 0.534 e. The quantitative estimate of drug-likeness (QED) is 0.171. The SMILES string of the molecule is CC(C)(C)[Si](Oc1ccc(CNC(=O)c2cc(Br)cc(I)c2)cc1)(c1ccccc1)c1ccccc1. The van der Waals surface area contributed by atoms with E-state index in [9.17, 15) is 4.79 Å². The first-order valence-electron chi connectivity index (χ1n) is 11.8. The molecule has 0 atom stereocenters. The van der Waals surface area contributed by atoms with Crippen LogP contribution >= 0.6 is 38.5 Å². The maximum absolute atomic E-state index is 12.6. The van der Waals surface area contributed by atoms with Gasteiger partial charge in [-0.05, 0) is 73.9 Å². The van der Waals surface area contributed by atoms with Crippen molar-refractivity contribution in [3.63, 3.8) is 0 Å². The van der Waals surface area contributed by atoms with Gasteiger partial charge in [0, 0.05) is 20.2 Å². The van der Waals surface area contributed by atoms with Crippen molar-refractivity contribution in [2.75, 3.05) is 0 Å². The van der Waals surface area contributed by atoms with Crippen molar-refractivity contribution in [1.82, 2.24) is 5.32 Å². The summed E-state index contributed by atoms with van der Waals surface area (Å²) in [6.07, 6.45) is 0. The van der Waals surface area contributed by atoms with Crippen LogP contribution in [0, 0.1) is 3.57 Å². The molecule has 0 heterocycles. The van der Waals surface area contributed by atoms with E-state index in [4.69, 9.17) is 4.43 Å². The molecule has 184 valence electrons. The van der Waals surface area contributed by atoms with E-state index in [1.54, 1.807) is 0 Å². The summed E-state index contributed by atoms with van der Waals surface area (Å²) >= 11 is 5.67.